The highest BCUT2D eigenvalue weighted by Gasteiger charge is 2.20. The third-order valence-electron chi connectivity index (χ3n) is 3.93. The number of amides is 1. The van der Waals surface area contributed by atoms with Gasteiger partial charge in [0.15, 0.2) is 22.5 Å². The van der Waals surface area contributed by atoms with Gasteiger partial charge < -0.3 is 10.1 Å². The van der Waals surface area contributed by atoms with Crippen LogP contribution in [0.3, 0.4) is 0 Å². The Morgan fingerprint density at radius 3 is 2.87 bits per heavy atom. The number of nitrogens with one attached hydrogen (secondary N) is 1. The largest absolute Gasteiger partial charge is 0.483 e. The molecule has 0 aliphatic rings. The molecule has 0 fully saturated rings. The highest BCUT2D eigenvalue weighted by molar-refractivity contribution is 8.00. The predicted molar refractivity (Wildman–Crippen MR) is 114 cm³/mol. The van der Waals surface area contributed by atoms with Crippen molar-refractivity contribution in [3.8, 4) is 5.75 Å². The molecule has 3 rings (SSSR count). The molecule has 2 aromatic heterocycles. The number of hydrogen-bond acceptors (Lipinski definition) is 6. The Hall–Kier alpha value is -2.91. The molecule has 1 amide bonds. The smallest absolute Gasteiger partial charge is 0.238 e. The molecule has 0 bridgehead atoms. The molecule has 2 heterocycles. The van der Waals surface area contributed by atoms with E-state index < -0.39 is 11.1 Å². The fourth-order valence-electron chi connectivity index (χ4n) is 2.42. The van der Waals surface area contributed by atoms with Crippen molar-refractivity contribution in [3.05, 3.63) is 71.9 Å². The number of aromatic nitrogens is 4. The van der Waals surface area contributed by atoms with Gasteiger partial charge in [0.2, 0.25) is 5.91 Å². The summed E-state index contributed by atoms with van der Waals surface area (Å²) < 4.78 is 21.1. The fourth-order valence-corrected chi connectivity index (χ4v) is 3.41. The highest BCUT2D eigenvalue weighted by Crippen LogP contribution is 2.24. The first kappa shape index (κ1) is 21.8. The monoisotopic (exact) mass is 447 g/mol. The van der Waals surface area contributed by atoms with E-state index in [1.54, 1.807) is 41.8 Å². The van der Waals surface area contributed by atoms with E-state index in [4.69, 9.17) is 16.3 Å². The van der Waals surface area contributed by atoms with E-state index in [1.807, 2.05) is 0 Å². The Bertz CT molecular complexity index is 1030. The number of carbonyl (C=O) groups excluding carboxylic acids is 1. The van der Waals surface area contributed by atoms with Crippen molar-refractivity contribution in [2.75, 3.05) is 5.32 Å². The van der Waals surface area contributed by atoms with Crippen LogP contribution in [0.2, 0.25) is 5.02 Å². The molecule has 3 aromatic rings. The van der Waals surface area contributed by atoms with Crippen LogP contribution in [0, 0.1) is 5.82 Å². The zero-order valence-corrected chi connectivity index (χ0v) is 17.7. The number of thioether (sulfide) groups is 1. The first-order valence-electron chi connectivity index (χ1n) is 8.97. The molecule has 0 saturated heterocycles. The van der Waals surface area contributed by atoms with Crippen LogP contribution in [0.4, 0.5) is 10.2 Å². The van der Waals surface area contributed by atoms with Crippen molar-refractivity contribution in [2.24, 2.45) is 0 Å². The summed E-state index contributed by atoms with van der Waals surface area (Å²) in [6.07, 6.45) is 3.14. The van der Waals surface area contributed by atoms with Crippen molar-refractivity contribution in [3.63, 3.8) is 0 Å². The molecular weight excluding hydrogens is 429 g/mol. The second-order valence-corrected chi connectivity index (χ2v) is 7.87. The maximum Gasteiger partial charge on any atom is 0.238 e. The number of ether oxygens (including phenoxy) is 1. The van der Waals surface area contributed by atoms with Gasteiger partial charge in [0, 0.05) is 12.7 Å². The van der Waals surface area contributed by atoms with Crippen molar-refractivity contribution in [2.45, 2.75) is 30.5 Å². The van der Waals surface area contributed by atoms with E-state index >= 15 is 0 Å². The van der Waals surface area contributed by atoms with E-state index in [2.05, 4.69) is 27.1 Å². The molecule has 0 aliphatic heterocycles. The van der Waals surface area contributed by atoms with Crippen molar-refractivity contribution in [1.82, 2.24) is 19.7 Å². The van der Waals surface area contributed by atoms with Crippen LogP contribution in [-0.2, 0) is 17.9 Å². The van der Waals surface area contributed by atoms with Crippen molar-refractivity contribution in [1.29, 1.82) is 0 Å². The summed E-state index contributed by atoms with van der Waals surface area (Å²) in [4.78, 5) is 16.5. The molecule has 0 radical (unpaired) electrons. The van der Waals surface area contributed by atoms with Gasteiger partial charge in [-0.05, 0) is 31.2 Å². The summed E-state index contributed by atoms with van der Waals surface area (Å²) >= 11 is 7.04. The van der Waals surface area contributed by atoms with Crippen LogP contribution < -0.4 is 10.1 Å². The Morgan fingerprint density at radius 2 is 2.17 bits per heavy atom. The first-order chi connectivity index (χ1) is 14.5. The van der Waals surface area contributed by atoms with Gasteiger partial charge in [0.1, 0.15) is 12.4 Å². The summed E-state index contributed by atoms with van der Waals surface area (Å²) in [5.74, 6) is 0.328. The van der Waals surface area contributed by atoms with Crippen LogP contribution in [0.1, 0.15) is 12.7 Å². The standard InChI is InChI=1S/C20H19ClFN5O2S/c1-3-10-27-18(12-29-16-7-5-4-6-15(16)22)25-26-20(27)30-13(2)19(28)24-17-9-8-14(21)11-23-17/h3-9,11,13H,1,10,12H2,2H3,(H,23,24,28). The Labute approximate surface area is 182 Å². The van der Waals surface area contributed by atoms with Gasteiger partial charge in [0.25, 0.3) is 0 Å². The molecule has 0 aliphatic carbocycles. The van der Waals surface area contributed by atoms with Crippen LogP contribution >= 0.6 is 23.4 Å². The maximum absolute atomic E-state index is 13.8. The number of pyridine rings is 1. The molecular formula is C20H19ClFN5O2S. The zero-order chi connectivity index (χ0) is 21.5. The fraction of sp³-hybridized carbons (Fsp3) is 0.200. The van der Waals surface area contributed by atoms with E-state index in [0.717, 1.165) is 0 Å². The van der Waals surface area contributed by atoms with Crippen LogP contribution in [0.5, 0.6) is 5.75 Å². The van der Waals surface area contributed by atoms with Gasteiger partial charge in [0.05, 0.1) is 10.3 Å². The minimum Gasteiger partial charge on any atom is -0.483 e. The molecule has 156 valence electrons. The number of carbonyl (C=O) groups is 1. The molecule has 10 heteroatoms. The number of rotatable bonds is 9. The summed E-state index contributed by atoms with van der Waals surface area (Å²) in [5.41, 5.74) is 0. The summed E-state index contributed by atoms with van der Waals surface area (Å²) in [7, 11) is 0. The quantitative estimate of drug-likeness (QED) is 0.388. The van der Waals surface area contributed by atoms with Gasteiger partial charge in [-0.2, -0.15) is 0 Å². The van der Waals surface area contributed by atoms with E-state index in [9.17, 15) is 9.18 Å². The molecule has 0 spiro atoms. The number of nitrogens with zero attached hydrogens (tertiary/aromatic N) is 4. The number of anilines is 1. The minimum absolute atomic E-state index is 0.0254. The van der Waals surface area contributed by atoms with Gasteiger partial charge in [-0.25, -0.2) is 9.37 Å². The summed E-state index contributed by atoms with van der Waals surface area (Å²) in [6, 6.07) is 9.39. The Morgan fingerprint density at radius 1 is 1.37 bits per heavy atom. The number of benzene rings is 1. The molecule has 1 atom stereocenters. The van der Waals surface area contributed by atoms with Crippen molar-refractivity contribution < 1.29 is 13.9 Å². The lowest BCUT2D eigenvalue weighted by molar-refractivity contribution is -0.115. The van der Waals surface area contributed by atoms with Crippen LogP contribution in [-0.4, -0.2) is 30.9 Å². The van der Waals surface area contributed by atoms with Gasteiger partial charge in [-0.1, -0.05) is 41.6 Å². The zero-order valence-electron chi connectivity index (χ0n) is 16.1. The second-order valence-electron chi connectivity index (χ2n) is 6.13. The third kappa shape index (κ3) is 5.58. The molecule has 1 unspecified atom stereocenters. The topological polar surface area (TPSA) is 81.9 Å². The van der Waals surface area contributed by atoms with E-state index in [0.29, 0.717) is 28.4 Å². The first-order valence-corrected chi connectivity index (χ1v) is 10.2. The van der Waals surface area contributed by atoms with E-state index in [1.165, 1.54) is 30.1 Å². The lowest BCUT2D eigenvalue weighted by Gasteiger charge is -2.13. The molecule has 7 nitrogen and oxygen atoms in total. The highest BCUT2D eigenvalue weighted by atomic mass is 35.5. The van der Waals surface area contributed by atoms with Gasteiger partial charge in [-0.15, -0.1) is 16.8 Å². The number of para-hydroxylation sites is 1. The van der Waals surface area contributed by atoms with Gasteiger partial charge in [-0.3, -0.25) is 9.36 Å². The van der Waals surface area contributed by atoms with Crippen molar-refractivity contribution >= 4 is 35.1 Å². The van der Waals surface area contributed by atoms with Gasteiger partial charge >= 0.3 is 0 Å². The number of allylic oxidation sites excluding steroid dienone is 1. The van der Waals surface area contributed by atoms with Crippen LogP contribution in [0.15, 0.2) is 60.4 Å². The number of halogens is 2. The summed E-state index contributed by atoms with van der Waals surface area (Å²) in [6.45, 7) is 5.93. The lowest BCUT2D eigenvalue weighted by Crippen LogP contribution is -2.23. The molecule has 0 saturated carbocycles. The molecule has 1 aromatic carbocycles. The molecule has 30 heavy (non-hydrogen) atoms. The predicted octanol–water partition coefficient (Wildman–Crippen LogP) is 4.35. The number of hydrogen-bond donors (Lipinski definition) is 1. The average molecular weight is 448 g/mol. The normalized spacial score (nSPS) is 11.7. The Balaban J connectivity index is 1.67. The Kier molecular flexibility index (Phi) is 7.42. The van der Waals surface area contributed by atoms with E-state index in [-0.39, 0.29) is 18.3 Å². The third-order valence-corrected chi connectivity index (χ3v) is 5.23. The molecule has 1 N–H and O–H groups in total. The van der Waals surface area contributed by atoms with Crippen LogP contribution in [0.25, 0.3) is 0 Å². The SMILES string of the molecule is C=CCn1c(COc2ccccc2F)nnc1SC(C)C(=O)Nc1ccc(Cl)cn1. The minimum atomic E-state index is -0.476. The average Bonchev–Trinajstić information content (AvgIpc) is 3.10. The maximum atomic E-state index is 13.8. The second kappa shape index (κ2) is 10.2. The lowest BCUT2D eigenvalue weighted by atomic mass is 10.3. The summed E-state index contributed by atoms with van der Waals surface area (Å²) in [5, 5.41) is 11.5.